The molecule has 0 aliphatic heterocycles. The predicted octanol–water partition coefficient (Wildman–Crippen LogP) is 2.69. The van der Waals surface area contributed by atoms with E-state index < -0.39 is 5.97 Å². The molecule has 0 amide bonds. The second-order valence-corrected chi connectivity index (χ2v) is 4.41. The molecule has 16 heavy (non-hydrogen) atoms. The molecule has 1 N–H and O–H groups in total. The van der Waals surface area contributed by atoms with Crippen molar-refractivity contribution in [3.63, 3.8) is 0 Å². The Morgan fingerprint density at radius 2 is 2.44 bits per heavy atom. The third kappa shape index (κ3) is 3.61. The number of carboxylic acids is 1. The average molecular weight is 303 g/mol. The topological polar surface area (TPSA) is 63.1 Å². The van der Waals surface area contributed by atoms with Gasteiger partial charge in [0.15, 0.2) is 10.9 Å². The molecular weight excluding hydrogens is 292 g/mol. The highest BCUT2D eigenvalue weighted by Gasteiger charge is 2.11. The summed E-state index contributed by atoms with van der Waals surface area (Å²) in [6, 6.07) is 0. The van der Waals surface area contributed by atoms with Gasteiger partial charge in [0.1, 0.15) is 0 Å². The van der Waals surface area contributed by atoms with Gasteiger partial charge in [-0.1, -0.05) is 39.8 Å². The van der Waals surface area contributed by atoms with Gasteiger partial charge in [0.05, 0.1) is 0 Å². The minimum atomic E-state index is -1.03. The smallest absolute Gasteiger partial charge is 0.355 e. The fraction of sp³-hybridized carbons (Fsp3) is 0.300. The van der Waals surface area contributed by atoms with Crippen LogP contribution in [0.1, 0.15) is 22.5 Å². The van der Waals surface area contributed by atoms with Gasteiger partial charge < -0.3 is 5.11 Å². The zero-order chi connectivity index (χ0) is 12.0. The molecule has 1 aromatic heterocycles. The number of alkyl halides is 1. The van der Waals surface area contributed by atoms with Crippen LogP contribution in [-0.2, 0) is 0 Å². The summed E-state index contributed by atoms with van der Waals surface area (Å²) in [5, 5.41) is 10.3. The molecule has 0 bridgehead atoms. The first-order chi connectivity index (χ1) is 7.69. The number of halogens is 1. The molecular formula is C10H11BrN2O2S. The van der Waals surface area contributed by atoms with E-state index in [4.69, 9.17) is 5.11 Å². The number of aromatic nitrogens is 2. The van der Waals surface area contributed by atoms with Crippen molar-refractivity contribution in [2.75, 3.05) is 11.6 Å². The van der Waals surface area contributed by atoms with Crippen molar-refractivity contribution in [1.82, 2.24) is 9.97 Å². The number of aromatic carboxylic acids is 1. The SMILES string of the molecule is CSc1ncc(C=CCCBr)c(C(=O)O)n1. The monoisotopic (exact) mass is 302 g/mol. The largest absolute Gasteiger partial charge is 0.476 e. The first-order valence-electron chi connectivity index (χ1n) is 4.56. The van der Waals surface area contributed by atoms with Gasteiger partial charge in [-0.2, -0.15) is 0 Å². The number of hydrogen-bond acceptors (Lipinski definition) is 4. The zero-order valence-electron chi connectivity index (χ0n) is 8.68. The van der Waals surface area contributed by atoms with Crippen LogP contribution in [-0.4, -0.2) is 32.6 Å². The quantitative estimate of drug-likeness (QED) is 0.515. The lowest BCUT2D eigenvalue weighted by Crippen LogP contribution is -2.05. The molecule has 0 atom stereocenters. The maximum Gasteiger partial charge on any atom is 0.355 e. The van der Waals surface area contributed by atoms with Gasteiger partial charge >= 0.3 is 5.97 Å². The van der Waals surface area contributed by atoms with E-state index in [-0.39, 0.29) is 5.69 Å². The number of carbonyl (C=O) groups is 1. The zero-order valence-corrected chi connectivity index (χ0v) is 11.1. The van der Waals surface area contributed by atoms with Crippen molar-refractivity contribution in [2.24, 2.45) is 0 Å². The molecule has 0 unspecified atom stereocenters. The van der Waals surface area contributed by atoms with Crippen LogP contribution in [0, 0.1) is 0 Å². The molecule has 0 saturated heterocycles. The summed E-state index contributed by atoms with van der Waals surface area (Å²) in [5.41, 5.74) is 0.580. The summed E-state index contributed by atoms with van der Waals surface area (Å²) in [6.07, 6.45) is 7.80. The van der Waals surface area contributed by atoms with Gasteiger partial charge in [0.2, 0.25) is 0 Å². The van der Waals surface area contributed by atoms with Gasteiger partial charge in [0, 0.05) is 17.1 Å². The van der Waals surface area contributed by atoms with Crippen molar-refractivity contribution in [3.05, 3.63) is 23.5 Å². The normalized spacial score (nSPS) is 10.9. The molecule has 0 fully saturated rings. The fourth-order valence-electron chi connectivity index (χ4n) is 1.04. The highest BCUT2D eigenvalue weighted by atomic mass is 79.9. The fourth-order valence-corrected chi connectivity index (χ4v) is 1.64. The lowest BCUT2D eigenvalue weighted by atomic mass is 10.2. The van der Waals surface area contributed by atoms with Crippen LogP contribution in [0.15, 0.2) is 17.4 Å². The number of hydrogen-bond donors (Lipinski definition) is 1. The molecule has 0 spiro atoms. The maximum absolute atomic E-state index is 11.0. The molecule has 1 aromatic rings. The first kappa shape index (κ1) is 13.2. The van der Waals surface area contributed by atoms with Crippen LogP contribution in [0.3, 0.4) is 0 Å². The standard InChI is InChI=1S/C10H11BrN2O2S/c1-16-10-12-6-7(4-2-3-5-11)8(13-10)9(14)15/h2,4,6H,3,5H2,1H3,(H,14,15). The Labute approximate surface area is 106 Å². The number of rotatable bonds is 5. The van der Waals surface area contributed by atoms with Crippen molar-refractivity contribution >= 4 is 39.7 Å². The summed E-state index contributed by atoms with van der Waals surface area (Å²) in [7, 11) is 0. The van der Waals surface area contributed by atoms with E-state index in [0.717, 1.165) is 11.8 Å². The van der Waals surface area contributed by atoms with Gasteiger partial charge in [-0.3, -0.25) is 0 Å². The summed E-state index contributed by atoms with van der Waals surface area (Å²) in [6.45, 7) is 0. The number of carboxylic acid groups (broad SMARTS) is 1. The number of nitrogens with zero attached hydrogens (tertiary/aromatic N) is 2. The summed E-state index contributed by atoms with van der Waals surface area (Å²) in [5.74, 6) is -1.03. The van der Waals surface area contributed by atoms with Crippen LogP contribution in [0.2, 0.25) is 0 Å². The lowest BCUT2D eigenvalue weighted by Gasteiger charge is -2.01. The van der Waals surface area contributed by atoms with Crippen molar-refractivity contribution in [1.29, 1.82) is 0 Å². The van der Waals surface area contributed by atoms with Crippen molar-refractivity contribution < 1.29 is 9.90 Å². The minimum absolute atomic E-state index is 0.0465. The third-order valence-electron chi connectivity index (χ3n) is 1.75. The highest BCUT2D eigenvalue weighted by molar-refractivity contribution is 9.09. The Kier molecular flexibility index (Phi) is 5.48. The Morgan fingerprint density at radius 1 is 1.69 bits per heavy atom. The molecule has 4 nitrogen and oxygen atoms in total. The molecule has 0 aliphatic rings. The minimum Gasteiger partial charge on any atom is -0.476 e. The Hall–Kier alpha value is -0.880. The summed E-state index contributed by atoms with van der Waals surface area (Å²) >= 11 is 4.61. The van der Waals surface area contributed by atoms with E-state index in [1.54, 1.807) is 12.3 Å². The van der Waals surface area contributed by atoms with E-state index in [2.05, 4.69) is 25.9 Å². The van der Waals surface area contributed by atoms with Crippen LogP contribution < -0.4 is 0 Å². The Morgan fingerprint density at radius 3 is 3.00 bits per heavy atom. The van der Waals surface area contributed by atoms with E-state index in [9.17, 15) is 4.79 Å². The van der Waals surface area contributed by atoms with Crippen molar-refractivity contribution in [3.8, 4) is 0 Å². The average Bonchev–Trinajstić information content (AvgIpc) is 2.29. The molecule has 0 aliphatic carbocycles. The molecule has 1 heterocycles. The highest BCUT2D eigenvalue weighted by Crippen LogP contribution is 2.13. The number of allylic oxidation sites excluding steroid dienone is 1. The maximum atomic E-state index is 11.0. The molecule has 0 aromatic carbocycles. The Bertz CT molecular complexity index is 410. The molecule has 0 saturated carbocycles. The molecule has 6 heteroatoms. The number of thioether (sulfide) groups is 1. The van der Waals surface area contributed by atoms with Gasteiger partial charge in [-0.05, 0) is 12.7 Å². The van der Waals surface area contributed by atoms with Gasteiger partial charge in [-0.15, -0.1) is 0 Å². The Balaban J connectivity index is 3.03. The van der Waals surface area contributed by atoms with Crippen molar-refractivity contribution in [2.45, 2.75) is 11.6 Å². The molecule has 86 valence electrons. The third-order valence-corrected chi connectivity index (χ3v) is 2.77. The molecule has 0 radical (unpaired) electrons. The van der Waals surface area contributed by atoms with Gasteiger partial charge in [-0.25, -0.2) is 14.8 Å². The van der Waals surface area contributed by atoms with E-state index in [1.807, 2.05) is 6.08 Å². The van der Waals surface area contributed by atoms with Crippen LogP contribution in [0.5, 0.6) is 0 Å². The second-order valence-electron chi connectivity index (χ2n) is 2.85. The molecule has 1 rings (SSSR count). The van der Waals surface area contributed by atoms with E-state index >= 15 is 0 Å². The van der Waals surface area contributed by atoms with Gasteiger partial charge in [0.25, 0.3) is 0 Å². The van der Waals surface area contributed by atoms with Crippen LogP contribution in [0.25, 0.3) is 6.08 Å². The van der Waals surface area contributed by atoms with Crippen LogP contribution >= 0.6 is 27.7 Å². The van der Waals surface area contributed by atoms with E-state index in [0.29, 0.717) is 10.7 Å². The first-order valence-corrected chi connectivity index (χ1v) is 6.90. The summed E-state index contributed by atoms with van der Waals surface area (Å²) < 4.78 is 0. The lowest BCUT2D eigenvalue weighted by molar-refractivity contribution is 0.0689. The van der Waals surface area contributed by atoms with Crippen LogP contribution in [0.4, 0.5) is 0 Å². The summed E-state index contributed by atoms with van der Waals surface area (Å²) in [4.78, 5) is 19.0. The van der Waals surface area contributed by atoms with E-state index in [1.165, 1.54) is 18.0 Å². The second kappa shape index (κ2) is 6.65. The predicted molar refractivity (Wildman–Crippen MR) is 68.2 cm³/mol.